The molecule has 0 saturated carbocycles. The Hall–Kier alpha value is -2.54. The lowest BCUT2D eigenvalue weighted by Crippen LogP contribution is -2.15. The van der Waals surface area contributed by atoms with Crippen LogP contribution in [0.5, 0.6) is 0 Å². The van der Waals surface area contributed by atoms with Gasteiger partial charge in [0.25, 0.3) is 0 Å². The third-order valence-electron chi connectivity index (χ3n) is 3.32. The predicted molar refractivity (Wildman–Crippen MR) is 93.1 cm³/mol. The number of hydrogen-bond donors (Lipinski definition) is 1. The summed E-state index contributed by atoms with van der Waals surface area (Å²) in [6.07, 6.45) is 3.26. The van der Waals surface area contributed by atoms with Crippen LogP contribution < -0.4 is 5.32 Å². The lowest BCUT2D eigenvalue weighted by molar-refractivity contribution is -0.113. The van der Waals surface area contributed by atoms with Crippen LogP contribution in [-0.2, 0) is 11.3 Å². The maximum absolute atomic E-state index is 12.2. The summed E-state index contributed by atoms with van der Waals surface area (Å²) in [5.74, 6) is 1.01. The maximum Gasteiger partial charge on any atom is 0.234 e. The molecule has 0 fully saturated rings. The quantitative estimate of drug-likeness (QED) is 0.696. The number of thioether (sulfide) groups is 1. The highest BCUT2D eigenvalue weighted by Gasteiger charge is 2.10. The van der Waals surface area contributed by atoms with Crippen molar-refractivity contribution in [3.8, 4) is 0 Å². The van der Waals surface area contributed by atoms with Gasteiger partial charge in [-0.2, -0.15) is 0 Å². The summed E-state index contributed by atoms with van der Waals surface area (Å²) in [4.78, 5) is 12.2. The Morgan fingerprint density at radius 2 is 2.08 bits per heavy atom. The molecule has 1 amide bonds. The van der Waals surface area contributed by atoms with Gasteiger partial charge in [0, 0.05) is 5.69 Å². The third-order valence-corrected chi connectivity index (χ3v) is 4.30. The van der Waals surface area contributed by atoms with Gasteiger partial charge in [0.2, 0.25) is 5.91 Å². The zero-order chi connectivity index (χ0) is 16.9. The van der Waals surface area contributed by atoms with Crippen LogP contribution in [0.1, 0.15) is 16.9 Å². The lowest BCUT2D eigenvalue weighted by Gasteiger charge is -2.08. The van der Waals surface area contributed by atoms with Gasteiger partial charge in [-0.15, -0.1) is 10.2 Å². The van der Waals surface area contributed by atoms with E-state index in [0.717, 1.165) is 22.6 Å². The van der Waals surface area contributed by atoms with E-state index in [4.69, 9.17) is 4.42 Å². The first-order valence-corrected chi connectivity index (χ1v) is 8.50. The molecule has 2 aromatic heterocycles. The molecule has 0 bridgehead atoms. The Morgan fingerprint density at radius 1 is 1.29 bits per heavy atom. The molecule has 0 aliphatic heterocycles. The fourth-order valence-electron chi connectivity index (χ4n) is 2.41. The predicted octanol–water partition coefficient (Wildman–Crippen LogP) is 3.27. The topological polar surface area (TPSA) is 73.0 Å². The molecule has 7 heteroatoms. The van der Waals surface area contributed by atoms with E-state index in [1.807, 2.05) is 42.7 Å². The van der Waals surface area contributed by atoms with Crippen molar-refractivity contribution in [1.82, 2.24) is 14.8 Å². The molecule has 0 atom stereocenters. The summed E-state index contributed by atoms with van der Waals surface area (Å²) in [5.41, 5.74) is 3.06. The number of amides is 1. The van der Waals surface area contributed by atoms with Crippen molar-refractivity contribution >= 4 is 23.4 Å². The summed E-state index contributed by atoms with van der Waals surface area (Å²) >= 11 is 1.35. The number of aryl methyl sites for hydroxylation is 2. The number of benzene rings is 1. The number of carbonyl (C=O) groups excluding carboxylic acids is 1. The molecule has 124 valence electrons. The molecule has 3 rings (SSSR count). The number of hydrogen-bond acceptors (Lipinski definition) is 5. The Morgan fingerprint density at radius 3 is 2.79 bits per heavy atom. The van der Waals surface area contributed by atoms with Gasteiger partial charge in [-0.05, 0) is 49.2 Å². The smallest absolute Gasteiger partial charge is 0.234 e. The van der Waals surface area contributed by atoms with Crippen LogP contribution in [0, 0.1) is 13.8 Å². The van der Waals surface area contributed by atoms with Crippen molar-refractivity contribution in [2.75, 3.05) is 11.1 Å². The summed E-state index contributed by atoms with van der Waals surface area (Å²) in [6, 6.07) is 9.70. The van der Waals surface area contributed by atoms with Crippen LogP contribution >= 0.6 is 11.8 Å². The molecule has 2 heterocycles. The normalized spacial score (nSPS) is 10.8. The summed E-state index contributed by atoms with van der Waals surface area (Å²) < 4.78 is 7.18. The SMILES string of the molecule is Cc1cc(C)cc(NC(=O)CSc2nncn2Cc2ccco2)c1. The first-order chi connectivity index (χ1) is 11.6. The van der Waals surface area contributed by atoms with Gasteiger partial charge >= 0.3 is 0 Å². The van der Waals surface area contributed by atoms with Gasteiger partial charge < -0.3 is 14.3 Å². The first-order valence-electron chi connectivity index (χ1n) is 7.51. The second-order valence-corrected chi connectivity index (χ2v) is 6.48. The number of anilines is 1. The minimum Gasteiger partial charge on any atom is -0.467 e. The molecule has 0 aliphatic carbocycles. The fraction of sp³-hybridized carbons (Fsp3) is 0.235. The van der Waals surface area contributed by atoms with Crippen LogP contribution in [0.15, 0.2) is 52.5 Å². The van der Waals surface area contributed by atoms with Gasteiger partial charge in [0.15, 0.2) is 5.16 Å². The molecule has 1 N–H and O–H groups in total. The van der Waals surface area contributed by atoms with Gasteiger partial charge in [0.1, 0.15) is 12.1 Å². The molecule has 0 radical (unpaired) electrons. The molecule has 0 unspecified atom stereocenters. The number of aromatic nitrogens is 3. The molecule has 0 aliphatic rings. The fourth-order valence-corrected chi connectivity index (χ4v) is 3.12. The average molecular weight is 342 g/mol. The van der Waals surface area contributed by atoms with Crippen LogP contribution in [0.25, 0.3) is 0 Å². The minimum atomic E-state index is -0.0717. The summed E-state index contributed by atoms with van der Waals surface area (Å²) in [6.45, 7) is 4.56. The highest BCUT2D eigenvalue weighted by Crippen LogP contribution is 2.18. The van der Waals surface area contributed by atoms with E-state index in [2.05, 4.69) is 21.6 Å². The Balaban J connectivity index is 1.57. The molecule has 0 saturated heterocycles. The van der Waals surface area contributed by atoms with Gasteiger partial charge in [-0.25, -0.2) is 0 Å². The number of nitrogens with one attached hydrogen (secondary N) is 1. The molecule has 1 aromatic carbocycles. The van der Waals surface area contributed by atoms with Crippen molar-refractivity contribution in [1.29, 1.82) is 0 Å². The minimum absolute atomic E-state index is 0.0717. The lowest BCUT2D eigenvalue weighted by atomic mass is 10.1. The van der Waals surface area contributed by atoms with Crippen molar-refractivity contribution in [3.63, 3.8) is 0 Å². The third kappa shape index (κ3) is 4.26. The van der Waals surface area contributed by atoms with E-state index < -0.39 is 0 Å². The molecule has 6 nitrogen and oxygen atoms in total. The van der Waals surface area contributed by atoms with E-state index in [-0.39, 0.29) is 11.7 Å². The van der Waals surface area contributed by atoms with Gasteiger partial charge in [0.05, 0.1) is 18.6 Å². The van der Waals surface area contributed by atoms with Gasteiger partial charge in [-0.1, -0.05) is 17.8 Å². The van der Waals surface area contributed by atoms with Crippen molar-refractivity contribution in [2.24, 2.45) is 0 Å². The number of rotatable bonds is 6. The summed E-state index contributed by atoms with van der Waals surface area (Å²) in [7, 11) is 0. The van der Waals surface area contributed by atoms with Crippen molar-refractivity contribution in [3.05, 3.63) is 59.8 Å². The zero-order valence-corrected chi connectivity index (χ0v) is 14.3. The average Bonchev–Trinajstić information content (AvgIpc) is 3.16. The molecule has 0 spiro atoms. The van der Waals surface area contributed by atoms with Crippen LogP contribution in [-0.4, -0.2) is 26.4 Å². The van der Waals surface area contributed by atoms with Crippen LogP contribution in [0.3, 0.4) is 0 Å². The number of furan rings is 1. The second-order valence-electron chi connectivity index (χ2n) is 5.53. The van der Waals surface area contributed by atoms with Crippen LogP contribution in [0.2, 0.25) is 0 Å². The van der Waals surface area contributed by atoms with E-state index in [9.17, 15) is 4.79 Å². The van der Waals surface area contributed by atoms with E-state index in [1.54, 1.807) is 12.6 Å². The maximum atomic E-state index is 12.2. The molecular formula is C17H18N4O2S. The first kappa shape index (κ1) is 16.3. The highest BCUT2D eigenvalue weighted by molar-refractivity contribution is 7.99. The summed E-state index contributed by atoms with van der Waals surface area (Å²) in [5, 5.41) is 11.6. The monoisotopic (exact) mass is 342 g/mol. The Labute approximate surface area is 144 Å². The van der Waals surface area contributed by atoms with E-state index >= 15 is 0 Å². The van der Waals surface area contributed by atoms with Gasteiger partial charge in [-0.3, -0.25) is 4.79 Å². The Kier molecular flexibility index (Phi) is 5.00. The Bertz CT molecular complexity index is 807. The van der Waals surface area contributed by atoms with Crippen molar-refractivity contribution < 1.29 is 9.21 Å². The zero-order valence-electron chi connectivity index (χ0n) is 13.5. The standard InChI is InChI=1S/C17H18N4O2S/c1-12-6-13(2)8-14(7-12)19-16(22)10-24-17-20-18-11-21(17)9-15-4-3-5-23-15/h3-8,11H,9-10H2,1-2H3,(H,19,22). The molecule has 3 aromatic rings. The largest absolute Gasteiger partial charge is 0.467 e. The highest BCUT2D eigenvalue weighted by atomic mass is 32.2. The number of carbonyl (C=O) groups is 1. The molecular weight excluding hydrogens is 324 g/mol. The van der Waals surface area contributed by atoms with E-state index in [0.29, 0.717) is 11.7 Å². The molecule has 24 heavy (non-hydrogen) atoms. The number of nitrogens with zero attached hydrogens (tertiary/aromatic N) is 3. The van der Waals surface area contributed by atoms with Crippen LogP contribution in [0.4, 0.5) is 5.69 Å². The van der Waals surface area contributed by atoms with E-state index in [1.165, 1.54) is 11.8 Å². The van der Waals surface area contributed by atoms with Crippen molar-refractivity contribution in [2.45, 2.75) is 25.5 Å². The second kappa shape index (κ2) is 7.35.